The van der Waals surface area contributed by atoms with Crippen molar-refractivity contribution in [3.05, 3.63) is 76.8 Å². The highest BCUT2D eigenvalue weighted by molar-refractivity contribution is 7.16. The van der Waals surface area contributed by atoms with E-state index >= 15 is 0 Å². The molecule has 6 heteroatoms. The van der Waals surface area contributed by atoms with Crippen molar-refractivity contribution in [3.8, 4) is 22.4 Å². The van der Waals surface area contributed by atoms with Gasteiger partial charge in [0.15, 0.2) is 5.78 Å². The monoisotopic (exact) mass is 449 g/mol. The lowest BCUT2D eigenvalue weighted by molar-refractivity contribution is 0.101. The van der Waals surface area contributed by atoms with Crippen LogP contribution in [0.4, 0.5) is 5.82 Å². The molecule has 4 rings (SSSR count). The molecule has 0 fully saturated rings. The van der Waals surface area contributed by atoms with Crippen LogP contribution in [0.1, 0.15) is 48.5 Å². The van der Waals surface area contributed by atoms with Gasteiger partial charge in [0.2, 0.25) is 0 Å². The average Bonchev–Trinajstić information content (AvgIpc) is 3.30. The summed E-state index contributed by atoms with van der Waals surface area (Å²) in [5.74, 6) is 7.41. The molecular weight excluding hydrogens is 426 g/mol. The molecule has 31 heavy (non-hydrogen) atoms. The van der Waals surface area contributed by atoms with Gasteiger partial charge in [-0.3, -0.25) is 9.20 Å². The normalized spacial score (nSPS) is 10.8. The third-order valence-electron chi connectivity index (χ3n) is 4.46. The van der Waals surface area contributed by atoms with E-state index < -0.39 is 0 Å². The van der Waals surface area contributed by atoms with Gasteiger partial charge in [0, 0.05) is 22.9 Å². The number of imidazole rings is 1. The second-order valence-corrected chi connectivity index (χ2v) is 9.25. The van der Waals surface area contributed by atoms with Crippen LogP contribution < -0.4 is 5.32 Å². The van der Waals surface area contributed by atoms with E-state index in [-0.39, 0.29) is 23.7 Å². The van der Waals surface area contributed by atoms with E-state index in [1.54, 1.807) is 18.3 Å². The molecule has 0 bridgehead atoms. The molecule has 0 spiro atoms. The molecule has 0 radical (unpaired) electrons. The average molecular weight is 450 g/mol. The molecule has 0 aliphatic heterocycles. The number of carbonyl (C=O) groups is 1. The molecule has 0 aliphatic rings. The second-order valence-electron chi connectivity index (χ2n) is 8.16. The third-order valence-corrected chi connectivity index (χ3v) is 5.47. The zero-order valence-electron chi connectivity index (χ0n) is 17.9. The van der Waals surface area contributed by atoms with Crippen LogP contribution in [0.25, 0.3) is 16.2 Å². The van der Waals surface area contributed by atoms with Gasteiger partial charge in [-0.15, -0.1) is 23.7 Å². The number of ketones is 1. The number of nitrogens with zero attached hydrogens (tertiary/aromatic N) is 2. The second kappa shape index (κ2) is 8.97. The Morgan fingerprint density at radius 2 is 1.87 bits per heavy atom. The molecular formula is C25H24ClN3OS. The predicted molar refractivity (Wildman–Crippen MR) is 132 cm³/mol. The smallest absolute Gasteiger partial charge is 0.159 e. The quantitative estimate of drug-likeness (QED) is 0.295. The first-order chi connectivity index (χ1) is 14.3. The lowest BCUT2D eigenvalue weighted by Gasteiger charge is -2.22. The van der Waals surface area contributed by atoms with Crippen LogP contribution in [0.15, 0.2) is 60.8 Å². The number of thiophene rings is 1. The van der Waals surface area contributed by atoms with Gasteiger partial charge in [-0.1, -0.05) is 30.0 Å². The zero-order valence-corrected chi connectivity index (χ0v) is 19.5. The van der Waals surface area contributed by atoms with Crippen LogP contribution in [0, 0.1) is 11.8 Å². The molecule has 0 atom stereocenters. The Morgan fingerprint density at radius 3 is 2.61 bits per heavy atom. The number of fused-ring (bicyclic) bond motifs is 1. The van der Waals surface area contributed by atoms with Crippen molar-refractivity contribution in [2.75, 3.05) is 5.32 Å². The van der Waals surface area contributed by atoms with Crippen LogP contribution in [-0.4, -0.2) is 20.7 Å². The molecule has 1 aromatic carbocycles. The van der Waals surface area contributed by atoms with E-state index in [0.717, 1.165) is 32.5 Å². The van der Waals surface area contributed by atoms with Crippen LogP contribution >= 0.6 is 23.7 Å². The number of hydrogen-bond acceptors (Lipinski definition) is 4. The summed E-state index contributed by atoms with van der Waals surface area (Å²) in [5, 5.41) is 3.59. The minimum Gasteiger partial charge on any atom is -0.365 e. The molecule has 0 saturated carbocycles. The number of halogens is 1. The summed E-state index contributed by atoms with van der Waals surface area (Å²) >= 11 is 1.61. The molecule has 1 N–H and O–H groups in total. The van der Waals surface area contributed by atoms with Crippen molar-refractivity contribution in [1.29, 1.82) is 0 Å². The Labute approximate surface area is 192 Å². The van der Waals surface area contributed by atoms with Gasteiger partial charge in [-0.05, 0) is 64.1 Å². The number of aromatic nitrogens is 2. The van der Waals surface area contributed by atoms with Gasteiger partial charge in [0.25, 0.3) is 0 Å². The lowest BCUT2D eigenvalue weighted by Crippen LogP contribution is -2.27. The van der Waals surface area contributed by atoms with Crippen molar-refractivity contribution < 1.29 is 4.79 Å². The van der Waals surface area contributed by atoms with Crippen molar-refractivity contribution >= 4 is 41.0 Å². The van der Waals surface area contributed by atoms with Crippen molar-refractivity contribution in [2.24, 2.45) is 0 Å². The highest BCUT2D eigenvalue weighted by atomic mass is 35.5. The largest absolute Gasteiger partial charge is 0.365 e. The number of pyridine rings is 1. The molecule has 3 aromatic heterocycles. The predicted octanol–water partition coefficient (Wildman–Crippen LogP) is 6.30. The number of rotatable bonds is 3. The van der Waals surface area contributed by atoms with Gasteiger partial charge in [0.05, 0.1) is 9.75 Å². The molecule has 0 aliphatic carbocycles. The van der Waals surface area contributed by atoms with E-state index in [1.165, 1.54) is 0 Å². The van der Waals surface area contributed by atoms with Crippen LogP contribution in [0.2, 0.25) is 0 Å². The molecule has 0 amide bonds. The molecule has 3 heterocycles. The number of anilines is 1. The molecule has 0 saturated heterocycles. The Bertz CT molecular complexity index is 1300. The fraction of sp³-hybridized carbons (Fsp3) is 0.200. The first-order valence-electron chi connectivity index (χ1n) is 9.79. The number of nitrogens with one attached hydrogen (secondary N) is 1. The van der Waals surface area contributed by atoms with E-state index in [9.17, 15) is 4.79 Å². The maximum atomic E-state index is 11.6. The first kappa shape index (κ1) is 22.6. The summed E-state index contributed by atoms with van der Waals surface area (Å²) in [6.45, 7) is 7.98. The molecule has 4 aromatic rings. The molecule has 4 nitrogen and oxygen atoms in total. The number of benzene rings is 1. The standard InChI is InChI=1S/C25H23N3OS.ClH/c1-17(29)19-9-7-8-18(16-19)11-12-20-13-14-21(30-20)23-24(27-25(2,3)4)28-15-6-5-10-22(28)26-23;/h5-10,13-16,27H,1-4H3;1H. The van der Waals surface area contributed by atoms with Crippen LogP contribution in [0.3, 0.4) is 0 Å². The number of Topliss-reactive ketones (excluding diaryl/α,β-unsaturated/α-hetero) is 1. The minimum absolute atomic E-state index is 0. The summed E-state index contributed by atoms with van der Waals surface area (Å²) in [6.07, 6.45) is 2.02. The minimum atomic E-state index is -0.0951. The fourth-order valence-electron chi connectivity index (χ4n) is 3.12. The summed E-state index contributed by atoms with van der Waals surface area (Å²) in [5.41, 5.74) is 3.24. The summed E-state index contributed by atoms with van der Waals surface area (Å²) in [6, 6.07) is 17.5. The van der Waals surface area contributed by atoms with E-state index in [2.05, 4.69) is 48.4 Å². The lowest BCUT2D eigenvalue weighted by atomic mass is 10.1. The van der Waals surface area contributed by atoms with E-state index in [1.807, 2.05) is 54.7 Å². The van der Waals surface area contributed by atoms with Crippen molar-refractivity contribution in [3.63, 3.8) is 0 Å². The Hall–Kier alpha value is -3.07. The zero-order chi connectivity index (χ0) is 21.3. The van der Waals surface area contributed by atoms with Gasteiger partial charge in [0.1, 0.15) is 17.2 Å². The van der Waals surface area contributed by atoms with Crippen molar-refractivity contribution in [1.82, 2.24) is 9.38 Å². The summed E-state index contributed by atoms with van der Waals surface area (Å²) < 4.78 is 2.08. The first-order valence-corrected chi connectivity index (χ1v) is 10.6. The Balaban J connectivity index is 0.00000272. The maximum Gasteiger partial charge on any atom is 0.159 e. The molecule has 0 unspecified atom stereocenters. The van der Waals surface area contributed by atoms with Crippen molar-refractivity contribution in [2.45, 2.75) is 33.2 Å². The van der Waals surface area contributed by atoms with E-state index in [4.69, 9.17) is 4.98 Å². The number of carbonyl (C=O) groups excluding carboxylic acids is 1. The SMILES string of the molecule is CC(=O)c1cccc(C#Cc2ccc(-c3nc4ccccn4c3NC(C)(C)C)s2)c1.Cl. The third kappa shape index (κ3) is 5.16. The summed E-state index contributed by atoms with van der Waals surface area (Å²) in [7, 11) is 0. The van der Waals surface area contributed by atoms with Crippen LogP contribution in [-0.2, 0) is 0 Å². The summed E-state index contributed by atoms with van der Waals surface area (Å²) in [4.78, 5) is 18.4. The van der Waals surface area contributed by atoms with E-state index in [0.29, 0.717) is 5.56 Å². The Kier molecular flexibility index (Phi) is 6.54. The van der Waals surface area contributed by atoms with Gasteiger partial charge < -0.3 is 5.32 Å². The highest BCUT2D eigenvalue weighted by Crippen LogP contribution is 2.35. The van der Waals surface area contributed by atoms with Gasteiger partial charge in [-0.25, -0.2) is 4.98 Å². The maximum absolute atomic E-state index is 11.6. The topological polar surface area (TPSA) is 46.4 Å². The Morgan fingerprint density at radius 1 is 1.06 bits per heavy atom. The van der Waals surface area contributed by atoms with Gasteiger partial charge in [-0.2, -0.15) is 0 Å². The van der Waals surface area contributed by atoms with Gasteiger partial charge >= 0.3 is 0 Å². The fourth-order valence-corrected chi connectivity index (χ4v) is 3.97. The van der Waals surface area contributed by atoms with Crippen LogP contribution in [0.5, 0.6) is 0 Å². The highest BCUT2D eigenvalue weighted by Gasteiger charge is 2.20. The molecule has 158 valence electrons. The number of hydrogen-bond donors (Lipinski definition) is 1.